The number of carbonyl (C=O) groups excluding carboxylic acids is 1. The van der Waals surface area contributed by atoms with Crippen molar-refractivity contribution in [3.05, 3.63) is 98.6 Å². The number of nitro groups is 1. The van der Waals surface area contributed by atoms with Gasteiger partial charge in [-0.1, -0.05) is 35.9 Å². The molecule has 0 unspecified atom stereocenters. The van der Waals surface area contributed by atoms with Crippen LogP contribution >= 0.6 is 11.6 Å². The van der Waals surface area contributed by atoms with E-state index in [9.17, 15) is 23.3 Å². The molecule has 0 atom stereocenters. The average Bonchev–Trinajstić information content (AvgIpc) is 2.70. The third kappa shape index (κ3) is 4.05. The van der Waals surface area contributed by atoms with E-state index in [4.69, 9.17) is 11.6 Å². The minimum atomic E-state index is -4.40. The predicted octanol–water partition coefficient (Wildman–Crippen LogP) is 4.90. The van der Waals surface area contributed by atoms with Crippen LogP contribution in [0.4, 0.5) is 11.4 Å². The number of carbonyl (C=O) groups is 1. The van der Waals surface area contributed by atoms with E-state index in [2.05, 4.69) is 0 Å². The molecule has 0 N–H and O–H groups in total. The lowest BCUT2D eigenvalue weighted by atomic mass is 10.1. The van der Waals surface area contributed by atoms with E-state index in [1.165, 1.54) is 42.5 Å². The Morgan fingerprint density at radius 2 is 1.63 bits per heavy atom. The van der Waals surface area contributed by atoms with E-state index in [0.29, 0.717) is 14.9 Å². The van der Waals surface area contributed by atoms with Gasteiger partial charge in [0.15, 0.2) is 0 Å². The van der Waals surface area contributed by atoms with Gasteiger partial charge in [-0.15, -0.1) is 0 Å². The molecule has 0 aliphatic carbocycles. The van der Waals surface area contributed by atoms with E-state index >= 15 is 0 Å². The highest BCUT2D eigenvalue weighted by Gasteiger charge is 2.35. The summed E-state index contributed by atoms with van der Waals surface area (Å²) in [7, 11) is -4.40. The Morgan fingerprint density at radius 3 is 2.27 bits per heavy atom. The monoisotopic (exact) mass is 444 g/mol. The maximum atomic E-state index is 13.5. The number of sulfonamides is 1. The molecule has 3 rings (SSSR count). The second-order valence-corrected chi connectivity index (χ2v) is 8.82. The zero-order chi connectivity index (χ0) is 22.1. The number of hydrogen-bond acceptors (Lipinski definition) is 5. The zero-order valence-electron chi connectivity index (χ0n) is 16.1. The third-order valence-corrected chi connectivity index (χ3v) is 6.41. The minimum absolute atomic E-state index is 0.119. The van der Waals surface area contributed by atoms with Gasteiger partial charge in [-0.25, -0.2) is 8.42 Å². The highest BCUT2D eigenvalue weighted by molar-refractivity contribution is 7.93. The third-order valence-electron chi connectivity index (χ3n) is 4.45. The highest BCUT2D eigenvalue weighted by atomic mass is 35.5. The Bertz CT molecular complexity index is 1240. The molecular formula is C21H17ClN2O5S. The normalized spacial score (nSPS) is 11.2. The summed E-state index contributed by atoms with van der Waals surface area (Å²) < 4.78 is 27.6. The fourth-order valence-corrected chi connectivity index (χ4v) is 4.51. The smallest absolute Gasteiger partial charge is 0.267 e. The first-order valence-electron chi connectivity index (χ1n) is 8.79. The van der Waals surface area contributed by atoms with Gasteiger partial charge < -0.3 is 0 Å². The van der Waals surface area contributed by atoms with Crippen molar-refractivity contribution in [2.75, 3.05) is 4.31 Å². The molecule has 0 saturated carbocycles. The molecule has 0 fully saturated rings. The summed E-state index contributed by atoms with van der Waals surface area (Å²) in [6.07, 6.45) is 0. The van der Waals surface area contributed by atoms with Crippen LogP contribution in [0.25, 0.3) is 0 Å². The molecule has 0 aliphatic heterocycles. The first-order chi connectivity index (χ1) is 14.1. The lowest BCUT2D eigenvalue weighted by molar-refractivity contribution is -0.385. The van der Waals surface area contributed by atoms with Gasteiger partial charge in [0.25, 0.3) is 21.6 Å². The fourth-order valence-electron chi connectivity index (χ4n) is 2.92. The molecule has 3 aromatic carbocycles. The quantitative estimate of drug-likeness (QED) is 0.411. The first-order valence-corrected chi connectivity index (χ1v) is 10.6. The van der Waals surface area contributed by atoms with Crippen molar-refractivity contribution in [2.45, 2.75) is 18.7 Å². The van der Waals surface area contributed by atoms with E-state index in [0.717, 1.165) is 11.6 Å². The molecule has 0 heterocycles. The highest BCUT2D eigenvalue weighted by Crippen LogP contribution is 2.32. The zero-order valence-corrected chi connectivity index (χ0v) is 17.6. The summed E-state index contributed by atoms with van der Waals surface area (Å²) in [5, 5.41) is 11.8. The fraction of sp³-hybridized carbons (Fsp3) is 0.0952. The number of halogens is 1. The van der Waals surface area contributed by atoms with E-state index in [1.807, 2.05) is 0 Å². The molecule has 0 bridgehead atoms. The van der Waals surface area contributed by atoms with Gasteiger partial charge in [0.1, 0.15) is 5.56 Å². The number of hydrogen-bond donors (Lipinski definition) is 0. The summed E-state index contributed by atoms with van der Waals surface area (Å²) in [4.78, 5) is 24.0. The summed E-state index contributed by atoms with van der Waals surface area (Å²) in [5.74, 6) is -1.02. The number of rotatable bonds is 5. The van der Waals surface area contributed by atoms with Gasteiger partial charge >= 0.3 is 0 Å². The van der Waals surface area contributed by atoms with Crippen LogP contribution in [-0.2, 0) is 10.0 Å². The van der Waals surface area contributed by atoms with Gasteiger partial charge in [-0.3, -0.25) is 14.9 Å². The van der Waals surface area contributed by atoms with Crippen molar-refractivity contribution in [3.63, 3.8) is 0 Å². The van der Waals surface area contributed by atoms with Gasteiger partial charge in [0, 0.05) is 11.1 Å². The van der Waals surface area contributed by atoms with Gasteiger partial charge in [0.2, 0.25) is 0 Å². The van der Waals surface area contributed by atoms with Crippen LogP contribution < -0.4 is 4.31 Å². The molecular weight excluding hydrogens is 428 g/mol. The van der Waals surface area contributed by atoms with Crippen molar-refractivity contribution in [1.29, 1.82) is 0 Å². The van der Waals surface area contributed by atoms with Crippen LogP contribution in [-0.4, -0.2) is 19.2 Å². The Morgan fingerprint density at radius 1 is 1.00 bits per heavy atom. The summed E-state index contributed by atoms with van der Waals surface area (Å²) in [6, 6.07) is 15.6. The topological polar surface area (TPSA) is 97.6 Å². The largest absolute Gasteiger partial charge is 0.282 e. The number of benzene rings is 3. The lowest BCUT2D eigenvalue weighted by Crippen LogP contribution is -2.38. The second-order valence-electron chi connectivity index (χ2n) is 6.59. The Hall–Kier alpha value is -3.23. The average molecular weight is 445 g/mol. The van der Waals surface area contributed by atoms with Crippen LogP contribution in [0.3, 0.4) is 0 Å². The molecule has 0 radical (unpaired) electrons. The molecule has 30 heavy (non-hydrogen) atoms. The number of para-hydroxylation sites is 1. The van der Waals surface area contributed by atoms with Crippen molar-refractivity contribution in [1.82, 2.24) is 0 Å². The molecule has 3 aromatic rings. The van der Waals surface area contributed by atoms with Crippen LogP contribution in [0.2, 0.25) is 5.02 Å². The van der Waals surface area contributed by atoms with Crippen LogP contribution in [0, 0.1) is 24.0 Å². The maximum Gasteiger partial charge on any atom is 0.282 e. The lowest BCUT2D eigenvalue weighted by Gasteiger charge is -2.24. The molecule has 0 saturated heterocycles. The van der Waals surface area contributed by atoms with E-state index in [1.54, 1.807) is 32.0 Å². The molecule has 1 amide bonds. The number of anilines is 1. The van der Waals surface area contributed by atoms with Crippen LogP contribution in [0.1, 0.15) is 21.5 Å². The molecule has 0 aliphatic rings. The molecule has 0 spiro atoms. The van der Waals surface area contributed by atoms with Crippen LogP contribution in [0.5, 0.6) is 0 Å². The van der Waals surface area contributed by atoms with Crippen LogP contribution in [0.15, 0.2) is 71.6 Å². The second kappa shape index (κ2) is 8.25. The van der Waals surface area contributed by atoms with Gasteiger partial charge in [0.05, 0.1) is 15.5 Å². The molecule has 7 nitrogen and oxygen atoms in total. The van der Waals surface area contributed by atoms with Crippen molar-refractivity contribution < 1.29 is 18.1 Å². The standard InChI is InChI=1S/C21H17ClN2O5S/c1-14-7-8-15(2)20(13-14)23(30(28,29)17-11-9-16(22)10-12-17)21(25)18-5-3-4-6-19(18)24(26)27/h3-13H,1-2H3. The molecule has 154 valence electrons. The van der Waals surface area contributed by atoms with Crippen molar-refractivity contribution in [2.24, 2.45) is 0 Å². The first kappa shape index (κ1) is 21.5. The number of nitrogens with zero attached hydrogens (tertiary/aromatic N) is 2. The summed E-state index contributed by atoms with van der Waals surface area (Å²) in [6.45, 7) is 3.41. The van der Waals surface area contributed by atoms with Gasteiger partial charge in [-0.05, 0) is 61.4 Å². The molecule has 9 heteroatoms. The van der Waals surface area contributed by atoms with Crippen molar-refractivity contribution >= 4 is 38.9 Å². The Labute approximate surface area is 178 Å². The van der Waals surface area contributed by atoms with Gasteiger partial charge in [-0.2, -0.15) is 4.31 Å². The summed E-state index contributed by atoms with van der Waals surface area (Å²) in [5.41, 5.74) is 0.547. The number of amides is 1. The summed E-state index contributed by atoms with van der Waals surface area (Å²) >= 11 is 5.87. The minimum Gasteiger partial charge on any atom is -0.267 e. The maximum absolute atomic E-state index is 13.5. The Kier molecular flexibility index (Phi) is 5.91. The van der Waals surface area contributed by atoms with E-state index < -0.39 is 26.5 Å². The van der Waals surface area contributed by atoms with E-state index in [-0.39, 0.29) is 16.1 Å². The SMILES string of the molecule is Cc1ccc(C)c(N(C(=O)c2ccccc2[N+](=O)[O-])S(=O)(=O)c2ccc(Cl)cc2)c1. The predicted molar refractivity (Wildman–Crippen MR) is 114 cm³/mol. The van der Waals surface area contributed by atoms with Crippen molar-refractivity contribution in [3.8, 4) is 0 Å². The number of aryl methyl sites for hydroxylation is 2. The molecule has 0 aromatic heterocycles. The Balaban J connectivity index is 2.28. The number of nitro benzene ring substituents is 1.